The molecular weight excluding hydrogens is 302 g/mol. The van der Waals surface area contributed by atoms with Crippen molar-refractivity contribution in [3.63, 3.8) is 0 Å². The summed E-state index contributed by atoms with van der Waals surface area (Å²) in [7, 11) is 0. The molecule has 2 atom stereocenters. The van der Waals surface area contributed by atoms with Gasteiger partial charge in [-0.15, -0.1) is 11.8 Å². The summed E-state index contributed by atoms with van der Waals surface area (Å²) < 4.78 is 0. The molecule has 2 aromatic rings. The van der Waals surface area contributed by atoms with Crippen molar-refractivity contribution in [1.82, 2.24) is 5.32 Å². The monoisotopic (exact) mass is 325 g/mol. The van der Waals surface area contributed by atoms with Gasteiger partial charge in [-0.3, -0.25) is 4.79 Å². The molecule has 1 amide bonds. The van der Waals surface area contributed by atoms with Crippen LogP contribution in [0.25, 0.3) is 0 Å². The van der Waals surface area contributed by atoms with Gasteiger partial charge in [-0.1, -0.05) is 36.4 Å². The molecule has 3 rings (SSSR count). The van der Waals surface area contributed by atoms with E-state index in [-0.39, 0.29) is 17.2 Å². The van der Waals surface area contributed by atoms with Crippen LogP contribution in [0, 0.1) is 0 Å². The van der Waals surface area contributed by atoms with Crippen molar-refractivity contribution in [1.29, 1.82) is 0 Å². The maximum Gasteiger partial charge on any atom is 0.233 e. The lowest BCUT2D eigenvalue weighted by molar-refractivity contribution is -0.120. The molecule has 0 aromatic heterocycles. The van der Waals surface area contributed by atoms with Crippen LogP contribution in [0.2, 0.25) is 0 Å². The number of amides is 1. The van der Waals surface area contributed by atoms with Gasteiger partial charge in [0.05, 0.1) is 11.3 Å². The maximum absolute atomic E-state index is 12.4. The Kier molecular flexibility index (Phi) is 5.06. The summed E-state index contributed by atoms with van der Waals surface area (Å²) in [5.74, 6) is 0.0897. The Hall–Kier alpha value is -1.74. The highest BCUT2D eigenvalue weighted by Gasteiger charge is 2.18. The average Bonchev–Trinajstić information content (AvgIpc) is 3.03. The topological polar surface area (TPSA) is 29.1 Å². The lowest BCUT2D eigenvalue weighted by Gasteiger charge is -2.18. The highest BCUT2D eigenvalue weighted by atomic mass is 32.2. The van der Waals surface area contributed by atoms with E-state index in [1.165, 1.54) is 36.0 Å². The lowest BCUT2D eigenvalue weighted by Crippen LogP contribution is -2.33. The number of benzene rings is 2. The van der Waals surface area contributed by atoms with Crippen LogP contribution in [0.4, 0.5) is 0 Å². The Balaban J connectivity index is 1.60. The molecule has 2 aromatic carbocycles. The van der Waals surface area contributed by atoms with Gasteiger partial charge in [0.25, 0.3) is 0 Å². The van der Waals surface area contributed by atoms with Crippen LogP contribution >= 0.6 is 11.8 Å². The first-order chi connectivity index (χ1) is 11.1. The number of fused-ring (bicyclic) bond motifs is 1. The van der Waals surface area contributed by atoms with Crippen LogP contribution in [-0.4, -0.2) is 11.2 Å². The van der Waals surface area contributed by atoms with Gasteiger partial charge in [0.15, 0.2) is 0 Å². The zero-order valence-corrected chi connectivity index (χ0v) is 14.5. The van der Waals surface area contributed by atoms with Gasteiger partial charge in [-0.05, 0) is 61.9 Å². The number of hydrogen-bond acceptors (Lipinski definition) is 2. The molecule has 0 fully saturated rings. The van der Waals surface area contributed by atoms with Crippen molar-refractivity contribution in [3.05, 3.63) is 65.2 Å². The summed E-state index contributed by atoms with van der Waals surface area (Å²) in [4.78, 5) is 13.6. The summed E-state index contributed by atoms with van der Waals surface area (Å²) >= 11 is 1.60. The van der Waals surface area contributed by atoms with Crippen molar-refractivity contribution >= 4 is 17.7 Å². The molecule has 1 N–H and O–H groups in total. The SMILES string of the molecule is C[C@@H](Sc1ccccc1)C(=O)N[C@H](C)c1ccc2c(c1)CCC2. The van der Waals surface area contributed by atoms with E-state index in [0.717, 1.165) is 4.90 Å². The number of nitrogens with one attached hydrogen (secondary N) is 1. The molecule has 0 spiro atoms. The van der Waals surface area contributed by atoms with E-state index < -0.39 is 0 Å². The Morgan fingerprint density at radius 3 is 2.57 bits per heavy atom. The molecule has 1 aliphatic carbocycles. The highest BCUT2D eigenvalue weighted by molar-refractivity contribution is 8.00. The smallest absolute Gasteiger partial charge is 0.233 e. The molecule has 0 heterocycles. The van der Waals surface area contributed by atoms with Crippen molar-refractivity contribution in [2.75, 3.05) is 0 Å². The van der Waals surface area contributed by atoms with Gasteiger partial charge in [0.2, 0.25) is 5.91 Å². The van der Waals surface area contributed by atoms with E-state index >= 15 is 0 Å². The first-order valence-electron chi connectivity index (χ1n) is 8.27. The molecular formula is C20H23NOS. The number of thioether (sulfide) groups is 1. The second-order valence-electron chi connectivity index (χ2n) is 6.19. The molecule has 3 heteroatoms. The van der Waals surface area contributed by atoms with Crippen molar-refractivity contribution in [3.8, 4) is 0 Å². The maximum atomic E-state index is 12.4. The average molecular weight is 325 g/mol. The molecule has 0 saturated carbocycles. The van der Waals surface area contributed by atoms with Gasteiger partial charge in [0, 0.05) is 4.90 Å². The fourth-order valence-corrected chi connectivity index (χ4v) is 3.93. The molecule has 2 nitrogen and oxygen atoms in total. The fraction of sp³-hybridized carbons (Fsp3) is 0.350. The van der Waals surface area contributed by atoms with E-state index in [4.69, 9.17) is 0 Å². The quantitative estimate of drug-likeness (QED) is 0.818. The van der Waals surface area contributed by atoms with E-state index in [9.17, 15) is 4.79 Å². The van der Waals surface area contributed by atoms with Crippen LogP contribution in [0.1, 0.15) is 43.0 Å². The molecule has 0 unspecified atom stereocenters. The Bertz CT molecular complexity index is 683. The van der Waals surface area contributed by atoms with Gasteiger partial charge >= 0.3 is 0 Å². The van der Waals surface area contributed by atoms with Crippen LogP contribution in [0.15, 0.2) is 53.4 Å². The zero-order valence-electron chi connectivity index (χ0n) is 13.7. The summed E-state index contributed by atoms with van der Waals surface area (Å²) in [6.45, 7) is 4.02. The number of aryl methyl sites for hydroxylation is 2. The predicted octanol–water partition coefficient (Wildman–Crippen LogP) is 4.53. The van der Waals surface area contributed by atoms with E-state index in [0.29, 0.717) is 0 Å². The minimum Gasteiger partial charge on any atom is -0.349 e. The van der Waals surface area contributed by atoms with Gasteiger partial charge in [-0.25, -0.2) is 0 Å². The van der Waals surface area contributed by atoms with E-state index in [1.807, 2.05) is 37.3 Å². The lowest BCUT2D eigenvalue weighted by atomic mass is 10.0. The molecule has 0 aliphatic heterocycles. The normalized spacial score (nSPS) is 15.7. The summed E-state index contributed by atoms with van der Waals surface area (Å²) in [5, 5.41) is 3.05. The van der Waals surface area contributed by atoms with Gasteiger partial charge < -0.3 is 5.32 Å². The predicted molar refractivity (Wildman–Crippen MR) is 96.8 cm³/mol. The second-order valence-corrected chi connectivity index (χ2v) is 7.60. The van der Waals surface area contributed by atoms with Gasteiger partial charge in [-0.2, -0.15) is 0 Å². The van der Waals surface area contributed by atoms with Crippen LogP contribution in [0.5, 0.6) is 0 Å². The Morgan fingerprint density at radius 2 is 1.78 bits per heavy atom. The molecule has 23 heavy (non-hydrogen) atoms. The highest BCUT2D eigenvalue weighted by Crippen LogP contribution is 2.26. The largest absolute Gasteiger partial charge is 0.349 e. The van der Waals surface area contributed by atoms with Crippen molar-refractivity contribution in [2.24, 2.45) is 0 Å². The van der Waals surface area contributed by atoms with Gasteiger partial charge in [0.1, 0.15) is 0 Å². The Labute approximate surface area is 142 Å². The number of hydrogen-bond donors (Lipinski definition) is 1. The number of carbonyl (C=O) groups excluding carboxylic acids is 1. The molecule has 1 aliphatic rings. The van der Waals surface area contributed by atoms with E-state index in [2.05, 4.69) is 30.4 Å². The van der Waals surface area contributed by atoms with Crippen molar-refractivity contribution < 1.29 is 4.79 Å². The third-order valence-corrected chi connectivity index (χ3v) is 5.52. The Morgan fingerprint density at radius 1 is 1.04 bits per heavy atom. The summed E-state index contributed by atoms with van der Waals surface area (Å²) in [6.07, 6.45) is 3.62. The summed E-state index contributed by atoms with van der Waals surface area (Å²) in [5.41, 5.74) is 4.13. The minimum atomic E-state index is -0.103. The molecule has 0 saturated heterocycles. The van der Waals surface area contributed by atoms with Crippen LogP contribution < -0.4 is 5.32 Å². The number of carbonyl (C=O) groups is 1. The zero-order chi connectivity index (χ0) is 16.2. The van der Waals surface area contributed by atoms with Crippen LogP contribution in [-0.2, 0) is 17.6 Å². The third-order valence-electron chi connectivity index (χ3n) is 4.41. The molecule has 0 radical (unpaired) electrons. The molecule has 120 valence electrons. The third kappa shape index (κ3) is 3.97. The first-order valence-corrected chi connectivity index (χ1v) is 9.15. The second kappa shape index (κ2) is 7.22. The van der Waals surface area contributed by atoms with E-state index in [1.54, 1.807) is 11.8 Å². The fourth-order valence-electron chi connectivity index (χ4n) is 3.03. The van der Waals surface area contributed by atoms with Crippen LogP contribution in [0.3, 0.4) is 0 Å². The first kappa shape index (κ1) is 16.1. The summed E-state index contributed by atoms with van der Waals surface area (Å²) in [6, 6.07) is 16.8. The minimum absolute atomic E-state index is 0.0484. The molecule has 0 bridgehead atoms. The number of rotatable bonds is 5. The van der Waals surface area contributed by atoms with Crippen molar-refractivity contribution in [2.45, 2.75) is 49.3 Å². The standard InChI is InChI=1S/C20H23NOS/c1-14(17-12-11-16-7-6-8-18(16)13-17)21-20(22)15(2)23-19-9-4-3-5-10-19/h3-5,9-15H,6-8H2,1-2H3,(H,21,22)/t14-,15-/m1/s1.